The van der Waals surface area contributed by atoms with Gasteiger partial charge in [0.2, 0.25) is 6.79 Å². The fraction of sp³-hybridized carbons (Fsp3) is 0.308. The van der Waals surface area contributed by atoms with Crippen LogP contribution in [-0.4, -0.2) is 24.8 Å². The molecule has 176 valence electrons. The molecule has 0 saturated carbocycles. The Hall–Kier alpha value is -3.65. The lowest BCUT2D eigenvalue weighted by molar-refractivity contribution is -0.385. The summed E-state index contributed by atoms with van der Waals surface area (Å²) < 4.78 is 30.6. The minimum absolute atomic E-state index is 0.0251. The van der Waals surface area contributed by atoms with E-state index in [1.54, 1.807) is 36.4 Å². The van der Waals surface area contributed by atoms with Gasteiger partial charge in [0.05, 0.1) is 10.5 Å². The molecule has 0 radical (unpaired) electrons. The van der Waals surface area contributed by atoms with Crippen LogP contribution in [0.1, 0.15) is 24.0 Å². The zero-order chi connectivity index (χ0) is 23.5. The zero-order valence-electron chi connectivity index (χ0n) is 18.6. The van der Waals surface area contributed by atoms with Crippen molar-refractivity contribution in [1.82, 2.24) is 5.32 Å². The lowest BCUT2D eigenvalue weighted by atomic mass is 9.85. The lowest BCUT2D eigenvalue weighted by Crippen LogP contribution is -2.28. The van der Waals surface area contributed by atoms with E-state index in [0.29, 0.717) is 28.7 Å². The first-order valence-electron chi connectivity index (χ1n) is 11.4. The van der Waals surface area contributed by atoms with Crippen LogP contribution in [0, 0.1) is 21.8 Å². The molecule has 0 aromatic heterocycles. The monoisotopic (exact) mass is 464 g/mol. The van der Waals surface area contributed by atoms with Crippen molar-refractivity contribution in [3.8, 4) is 28.4 Å². The van der Waals surface area contributed by atoms with Crippen molar-refractivity contribution >= 4 is 5.69 Å². The molecule has 3 aromatic carbocycles. The van der Waals surface area contributed by atoms with Crippen molar-refractivity contribution < 1.29 is 23.5 Å². The van der Waals surface area contributed by atoms with E-state index in [1.165, 1.54) is 12.1 Å². The molecule has 1 saturated heterocycles. The van der Waals surface area contributed by atoms with Gasteiger partial charge in [-0.05, 0) is 79.2 Å². The molecule has 0 amide bonds. The molecule has 2 bridgehead atoms. The highest BCUT2D eigenvalue weighted by atomic mass is 19.1. The molecule has 2 aliphatic rings. The highest BCUT2D eigenvalue weighted by molar-refractivity contribution is 5.75. The molecule has 5 rings (SSSR count). The second-order valence-corrected chi connectivity index (χ2v) is 8.56. The van der Waals surface area contributed by atoms with Gasteiger partial charge >= 0.3 is 0 Å². The molecule has 2 aliphatic heterocycles. The third kappa shape index (κ3) is 4.68. The number of piperidine rings is 1. The maximum Gasteiger partial charge on any atom is 0.276 e. The molecular weight excluding hydrogens is 439 g/mol. The Labute approximate surface area is 196 Å². The molecule has 1 N–H and O–H groups in total. The summed E-state index contributed by atoms with van der Waals surface area (Å²) in [6.07, 6.45) is 2.88. The number of nitrogens with zero attached hydrogens (tertiary/aromatic N) is 1. The fourth-order valence-corrected chi connectivity index (χ4v) is 4.67. The van der Waals surface area contributed by atoms with E-state index < -0.39 is 4.92 Å². The summed E-state index contributed by atoms with van der Waals surface area (Å²) in [5, 5.41) is 15.4. The Balaban J connectivity index is 1.56. The summed E-state index contributed by atoms with van der Waals surface area (Å²) in [6, 6.07) is 14.7. The van der Waals surface area contributed by atoms with Crippen LogP contribution in [-0.2, 0) is 13.0 Å². The predicted octanol–water partition coefficient (Wildman–Crippen LogP) is 5.25. The third-order valence-electron chi connectivity index (χ3n) is 6.40. The molecule has 8 heteroatoms. The first kappa shape index (κ1) is 22.2. The van der Waals surface area contributed by atoms with Crippen LogP contribution in [0.2, 0.25) is 0 Å². The quantitative estimate of drug-likeness (QED) is 0.380. The molecular formula is C26H25FN2O5. The predicted molar refractivity (Wildman–Crippen MR) is 125 cm³/mol. The third-order valence-corrected chi connectivity index (χ3v) is 6.40. The number of hydrogen-bond donors (Lipinski definition) is 1. The van der Waals surface area contributed by atoms with Crippen LogP contribution in [0.4, 0.5) is 10.1 Å². The minimum atomic E-state index is -0.391. The van der Waals surface area contributed by atoms with Crippen LogP contribution in [0.15, 0.2) is 54.6 Å². The number of nitrogens with one attached hydrogen (secondary N) is 1. The number of ether oxygens (including phenoxy) is 3. The van der Waals surface area contributed by atoms with Crippen molar-refractivity contribution in [3.05, 3.63) is 81.7 Å². The van der Waals surface area contributed by atoms with Gasteiger partial charge in [-0.25, -0.2) is 4.39 Å². The first-order chi connectivity index (χ1) is 16.6. The summed E-state index contributed by atoms with van der Waals surface area (Å²) >= 11 is 0. The first-order valence-corrected chi connectivity index (χ1v) is 11.4. The van der Waals surface area contributed by atoms with Crippen LogP contribution >= 0.6 is 0 Å². The number of halogens is 1. The number of nitro groups is 1. The standard InChI is InChI=1S/C26H25FN2O5/c27-20-4-1-18(2-5-20)26-19(13-17-9-11-28-12-10-17)3-7-23(29(30)31)22(26)15-32-24-8-6-21-14-25(24)34-16-33-21/h1-8,14,17,28H,9-13,15-16H2. The van der Waals surface area contributed by atoms with Gasteiger partial charge in [-0.3, -0.25) is 10.1 Å². The summed E-state index contributed by atoms with van der Waals surface area (Å²) in [6.45, 7) is 1.98. The minimum Gasteiger partial charge on any atom is -0.485 e. The smallest absolute Gasteiger partial charge is 0.276 e. The lowest BCUT2D eigenvalue weighted by Gasteiger charge is -2.25. The average Bonchev–Trinajstić information content (AvgIpc) is 2.85. The average molecular weight is 464 g/mol. The molecule has 2 heterocycles. The second-order valence-electron chi connectivity index (χ2n) is 8.56. The van der Waals surface area contributed by atoms with Gasteiger partial charge in [0.25, 0.3) is 5.69 Å². The highest BCUT2D eigenvalue weighted by Crippen LogP contribution is 2.39. The van der Waals surface area contributed by atoms with Crippen molar-refractivity contribution in [1.29, 1.82) is 0 Å². The molecule has 0 aliphatic carbocycles. The van der Waals surface area contributed by atoms with Crippen molar-refractivity contribution in [2.24, 2.45) is 5.92 Å². The van der Waals surface area contributed by atoms with Crippen LogP contribution in [0.5, 0.6) is 17.2 Å². The molecule has 7 nitrogen and oxygen atoms in total. The zero-order valence-corrected chi connectivity index (χ0v) is 18.6. The van der Waals surface area contributed by atoms with E-state index >= 15 is 0 Å². The molecule has 1 fully saturated rings. The number of rotatable bonds is 7. The Morgan fingerprint density at radius 1 is 1.06 bits per heavy atom. The summed E-state index contributed by atoms with van der Waals surface area (Å²) in [5.41, 5.74) is 2.91. The molecule has 34 heavy (non-hydrogen) atoms. The van der Waals surface area contributed by atoms with Crippen LogP contribution < -0.4 is 19.5 Å². The van der Waals surface area contributed by atoms with E-state index in [-0.39, 0.29) is 24.9 Å². The van der Waals surface area contributed by atoms with Gasteiger partial charge in [0.15, 0.2) is 11.5 Å². The molecule has 3 aromatic rings. The molecule has 0 unspecified atom stereocenters. The van der Waals surface area contributed by atoms with E-state index in [0.717, 1.165) is 49.0 Å². The summed E-state index contributed by atoms with van der Waals surface area (Å²) in [5.74, 6) is 1.80. The molecule has 0 spiro atoms. The SMILES string of the molecule is O=[N+]([O-])c1ccc(CC2CCNCC2)c(-c2ccc(F)cc2)c1COc1ccc2cc1OCO2. The van der Waals surface area contributed by atoms with Gasteiger partial charge in [-0.1, -0.05) is 18.2 Å². The Kier molecular flexibility index (Phi) is 6.31. The largest absolute Gasteiger partial charge is 0.485 e. The van der Waals surface area contributed by atoms with E-state index in [1.807, 2.05) is 6.07 Å². The van der Waals surface area contributed by atoms with Gasteiger partial charge in [0.1, 0.15) is 18.2 Å². The second kappa shape index (κ2) is 9.69. The Morgan fingerprint density at radius 2 is 1.85 bits per heavy atom. The van der Waals surface area contributed by atoms with E-state index in [2.05, 4.69) is 5.32 Å². The Bertz CT molecular complexity index is 1190. The van der Waals surface area contributed by atoms with Gasteiger partial charge < -0.3 is 19.5 Å². The number of hydrogen-bond acceptors (Lipinski definition) is 6. The fourth-order valence-electron chi connectivity index (χ4n) is 4.67. The van der Waals surface area contributed by atoms with Gasteiger partial charge in [-0.15, -0.1) is 0 Å². The highest BCUT2D eigenvalue weighted by Gasteiger charge is 2.25. The maximum absolute atomic E-state index is 13.7. The van der Waals surface area contributed by atoms with E-state index in [9.17, 15) is 14.5 Å². The van der Waals surface area contributed by atoms with Crippen molar-refractivity contribution in [3.63, 3.8) is 0 Å². The summed E-state index contributed by atoms with van der Waals surface area (Å²) in [4.78, 5) is 11.6. The molecule has 0 atom stereocenters. The summed E-state index contributed by atoms with van der Waals surface area (Å²) in [7, 11) is 0. The number of nitro benzene ring substituents is 1. The maximum atomic E-state index is 13.7. The Morgan fingerprint density at radius 3 is 2.62 bits per heavy atom. The van der Waals surface area contributed by atoms with Gasteiger partial charge in [0, 0.05) is 12.1 Å². The van der Waals surface area contributed by atoms with Crippen LogP contribution in [0.25, 0.3) is 11.1 Å². The topological polar surface area (TPSA) is 82.9 Å². The van der Waals surface area contributed by atoms with Crippen LogP contribution in [0.3, 0.4) is 0 Å². The van der Waals surface area contributed by atoms with Gasteiger partial charge in [-0.2, -0.15) is 0 Å². The number of benzene rings is 3. The number of fused-ring (bicyclic) bond motifs is 2. The normalized spacial score (nSPS) is 15.3. The van der Waals surface area contributed by atoms with Crippen molar-refractivity contribution in [2.75, 3.05) is 19.9 Å². The van der Waals surface area contributed by atoms with E-state index in [4.69, 9.17) is 14.2 Å². The van der Waals surface area contributed by atoms with Crippen molar-refractivity contribution in [2.45, 2.75) is 25.9 Å².